The summed E-state index contributed by atoms with van der Waals surface area (Å²) in [6, 6.07) is 4.70. The van der Waals surface area contributed by atoms with Gasteiger partial charge in [0.2, 0.25) is 5.91 Å². The number of hydrogen-bond acceptors (Lipinski definition) is 2. The summed E-state index contributed by atoms with van der Waals surface area (Å²) in [6.07, 6.45) is 0.518. The van der Waals surface area contributed by atoms with Crippen molar-refractivity contribution < 1.29 is 19.1 Å². The van der Waals surface area contributed by atoms with Gasteiger partial charge in [-0.05, 0) is 31.0 Å². The van der Waals surface area contributed by atoms with E-state index >= 15 is 0 Å². The number of carboxylic acids is 1. The van der Waals surface area contributed by atoms with Crippen LogP contribution in [-0.2, 0) is 9.59 Å². The van der Waals surface area contributed by atoms with E-state index in [-0.39, 0.29) is 11.7 Å². The maximum atomic E-state index is 12.8. The minimum Gasteiger partial charge on any atom is -0.480 e. The van der Waals surface area contributed by atoms with E-state index < -0.39 is 17.9 Å². The first-order valence-corrected chi connectivity index (χ1v) is 5.74. The first-order chi connectivity index (χ1) is 8.45. The van der Waals surface area contributed by atoms with Gasteiger partial charge in [0.25, 0.3) is 0 Å². The summed E-state index contributed by atoms with van der Waals surface area (Å²) in [5.41, 5.74) is 0.675. The molecule has 18 heavy (non-hydrogen) atoms. The van der Waals surface area contributed by atoms with Gasteiger partial charge in [0.05, 0.1) is 5.92 Å². The van der Waals surface area contributed by atoms with Gasteiger partial charge < -0.3 is 10.4 Å². The van der Waals surface area contributed by atoms with Crippen molar-refractivity contribution in [2.75, 3.05) is 0 Å². The molecule has 1 rings (SSSR count). The lowest BCUT2D eigenvalue weighted by Gasteiger charge is -2.17. The molecule has 0 aliphatic heterocycles. The van der Waals surface area contributed by atoms with Gasteiger partial charge in [-0.2, -0.15) is 0 Å². The van der Waals surface area contributed by atoms with Gasteiger partial charge >= 0.3 is 5.97 Å². The van der Waals surface area contributed by atoms with Crippen molar-refractivity contribution in [2.24, 2.45) is 0 Å². The first kappa shape index (κ1) is 14.2. The standard InChI is InChI=1S/C13H16FNO3/c1-3-11(9-4-6-10(14)7-5-9)12(16)15-8(2)13(17)18/h4-8,11H,3H2,1-2H3,(H,15,16)(H,17,18)/t8-,11?/m0/s1. The molecular formula is C13H16FNO3. The molecule has 4 nitrogen and oxygen atoms in total. The van der Waals surface area contributed by atoms with Crippen LogP contribution in [0.1, 0.15) is 31.7 Å². The molecule has 1 amide bonds. The van der Waals surface area contributed by atoms with Crippen molar-refractivity contribution in [3.05, 3.63) is 35.6 Å². The molecule has 0 fully saturated rings. The third-order valence-corrected chi connectivity index (χ3v) is 2.73. The summed E-state index contributed by atoms with van der Waals surface area (Å²) in [6.45, 7) is 3.22. The van der Waals surface area contributed by atoms with Crippen LogP contribution >= 0.6 is 0 Å². The quantitative estimate of drug-likeness (QED) is 0.842. The number of carbonyl (C=O) groups excluding carboxylic acids is 1. The molecular weight excluding hydrogens is 237 g/mol. The summed E-state index contributed by atoms with van der Waals surface area (Å²) in [5, 5.41) is 11.1. The molecule has 1 aromatic carbocycles. The summed E-state index contributed by atoms with van der Waals surface area (Å²) in [7, 11) is 0. The van der Waals surface area contributed by atoms with Crippen molar-refractivity contribution in [3.63, 3.8) is 0 Å². The third kappa shape index (κ3) is 3.55. The lowest BCUT2D eigenvalue weighted by molar-refractivity contribution is -0.141. The summed E-state index contributed by atoms with van der Waals surface area (Å²) in [5.74, 6) is -2.28. The number of amides is 1. The second-order valence-electron chi connectivity index (χ2n) is 4.08. The van der Waals surface area contributed by atoms with Crippen molar-refractivity contribution in [2.45, 2.75) is 32.2 Å². The predicted octanol–water partition coefficient (Wildman–Crippen LogP) is 1.91. The number of rotatable bonds is 5. The zero-order valence-corrected chi connectivity index (χ0v) is 10.3. The van der Waals surface area contributed by atoms with Gasteiger partial charge in [0.1, 0.15) is 11.9 Å². The molecule has 2 atom stereocenters. The number of halogens is 1. The SMILES string of the molecule is CCC(C(=O)N[C@@H](C)C(=O)O)c1ccc(F)cc1. The van der Waals surface area contributed by atoms with E-state index in [4.69, 9.17) is 5.11 Å². The lowest BCUT2D eigenvalue weighted by Crippen LogP contribution is -2.40. The Morgan fingerprint density at radius 3 is 2.33 bits per heavy atom. The first-order valence-electron chi connectivity index (χ1n) is 5.74. The van der Waals surface area contributed by atoms with Crippen LogP contribution in [-0.4, -0.2) is 23.0 Å². The number of hydrogen-bond donors (Lipinski definition) is 2. The number of benzene rings is 1. The van der Waals surface area contributed by atoms with Gasteiger partial charge in [0.15, 0.2) is 0 Å². The second-order valence-corrected chi connectivity index (χ2v) is 4.08. The number of aliphatic carboxylic acids is 1. The molecule has 0 radical (unpaired) electrons. The average molecular weight is 253 g/mol. The molecule has 98 valence electrons. The normalized spacial score (nSPS) is 13.7. The fourth-order valence-corrected chi connectivity index (χ4v) is 1.64. The molecule has 0 aromatic heterocycles. The molecule has 5 heteroatoms. The topological polar surface area (TPSA) is 66.4 Å². The molecule has 0 saturated carbocycles. The van der Waals surface area contributed by atoms with Gasteiger partial charge in [-0.15, -0.1) is 0 Å². The maximum Gasteiger partial charge on any atom is 0.325 e. The second kappa shape index (κ2) is 6.14. The monoisotopic (exact) mass is 253 g/mol. The van der Waals surface area contributed by atoms with E-state index in [1.54, 1.807) is 0 Å². The fraction of sp³-hybridized carbons (Fsp3) is 0.385. The largest absolute Gasteiger partial charge is 0.480 e. The summed E-state index contributed by atoms with van der Waals surface area (Å²) >= 11 is 0. The Morgan fingerprint density at radius 2 is 1.89 bits per heavy atom. The number of carbonyl (C=O) groups is 2. The van der Waals surface area contributed by atoms with Gasteiger partial charge in [-0.3, -0.25) is 9.59 Å². The van der Waals surface area contributed by atoms with E-state index in [2.05, 4.69) is 5.32 Å². The molecule has 0 aliphatic carbocycles. The van der Waals surface area contributed by atoms with Crippen LogP contribution in [0.2, 0.25) is 0 Å². The molecule has 2 N–H and O–H groups in total. The van der Waals surface area contributed by atoms with E-state index in [9.17, 15) is 14.0 Å². The van der Waals surface area contributed by atoms with Crippen LogP contribution in [0.15, 0.2) is 24.3 Å². The van der Waals surface area contributed by atoms with Crippen molar-refractivity contribution >= 4 is 11.9 Å². The molecule has 1 unspecified atom stereocenters. The van der Waals surface area contributed by atoms with E-state index in [1.165, 1.54) is 31.2 Å². The highest BCUT2D eigenvalue weighted by atomic mass is 19.1. The van der Waals surface area contributed by atoms with Crippen molar-refractivity contribution in [3.8, 4) is 0 Å². The highest BCUT2D eigenvalue weighted by molar-refractivity contribution is 5.87. The molecule has 0 bridgehead atoms. The third-order valence-electron chi connectivity index (χ3n) is 2.73. The van der Waals surface area contributed by atoms with Crippen LogP contribution in [0.4, 0.5) is 4.39 Å². The van der Waals surface area contributed by atoms with Crippen molar-refractivity contribution in [1.82, 2.24) is 5.32 Å². The highest BCUT2D eigenvalue weighted by Crippen LogP contribution is 2.20. The van der Waals surface area contributed by atoms with Gasteiger partial charge in [0, 0.05) is 0 Å². The summed E-state index contributed by atoms with van der Waals surface area (Å²) < 4.78 is 12.8. The smallest absolute Gasteiger partial charge is 0.325 e. The molecule has 0 saturated heterocycles. The van der Waals surface area contributed by atoms with Gasteiger partial charge in [-0.25, -0.2) is 4.39 Å². The van der Waals surface area contributed by atoms with Crippen LogP contribution in [0, 0.1) is 5.82 Å². The minimum absolute atomic E-state index is 0.362. The number of nitrogens with one attached hydrogen (secondary N) is 1. The van der Waals surface area contributed by atoms with Crippen LogP contribution < -0.4 is 5.32 Å². The molecule has 1 aromatic rings. The Kier molecular flexibility index (Phi) is 4.83. The minimum atomic E-state index is -1.09. The summed E-state index contributed by atoms with van der Waals surface area (Å²) in [4.78, 5) is 22.6. The Bertz CT molecular complexity index is 430. The van der Waals surface area contributed by atoms with Crippen molar-refractivity contribution in [1.29, 1.82) is 0 Å². The maximum absolute atomic E-state index is 12.8. The number of carboxylic acid groups (broad SMARTS) is 1. The lowest BCUT2D eigenvalue weighted by atomic mass is 9.95. The Hall–Kier alpha value is -1.91. The predicted molar refractivity (Wildman–Crippen MR) is 64.7 cm³/mol. The van der Waals surface area contributed by atoms with Gasteiger partial charge in [-0.1, -0.05) is 19.1 Å². The average Bonchev–Trinajstić information content (AvgIpc) is 2.32. The van der Waals surface area contributed by atoms with E-state index in [0.717, 1.165) is 0 Å². The Labute approximate surface area is 105 Å². The fourth-order valence-electron chi connectivity index (χ4n) is 1.64. The van der Waals surface area contributed by atoms with E-state index in [0.29, 0.717) is 12.0 Å². The molecule has 0 aliphatic rings. The van der Waals surface area contributed by atoms with Crippen LogP contribution in [0.5, 0.6) is 0 Å². The zero-order chi connectivity index (χ0) is 13.7. The molecule has 0 heterocycles. The van der Waals surface area contributed by atoms with Crippen LogP contribution in [0.3, 0.4) is 0 Å². The van der Waals surface area contributed by atoms with E-state index in [1.807, 2.05) is 6.92 Å². The molecule has 0 spiro atoms. The Balaban J connectivity index is 2.80. The Morgan fingerprint density at radius 1 is 1.33 bits per heavy atom. The van der Waals surface area contributed by atoms with Crippen LogP contribution in [0.25, 0.3) is 0 Å². The highest BCUT2D eigenvalue weighted by Gasteiger charge is 2.22. The zero-order valence-electron chi connectivity index (χ0n) is 10.3.